The van der Waals surface area contributed by atoms with Crippen LogP contribution in [-0.4, -0.2) is 61.5 Å². The first-order valence-corrected chi connectivity index (χ1v) is 9.14. The lowest BCUT2D eigenvalue weighted by Gasteiger charge is -2.26. The maximum atomic E-state index is 13.1. The van der Waals surface area contributed by atoms with Crippen LogP contribution < -0.4 is 4.90 Å². The first-order chi connectivity index (χ1) is 11.6. The Hall–Kier alpha value is -1.62. The van der Waals surface area contributed by atoms with Gasteiger partial charge in [0, 0.05) is 45.0 Å². The van der Waals surface area contributed by atoms with Gasteiger partial charge in [0.15, 0.2) is 0 Å². The minimum atomic E-state index is -0.201. The summed E-state index contributed by atoms with van der Waals surface area (Å²) >= 11 is 0. The van der Waals surface area contributed by atoms with Gasteiger partial charge >= 0.3 is 0 Å². The molecule has 1 aromatic carbocycles. The van der Waals surface area contributed by atoms with E-state index < -0.39 is 0 Å². The highest BCUT2D eigenvalue weighted by atomic mass is 19.1. The molecule has 0 aliphatic carbocycles. The van der Waals surface area contributed by atoms with Crippen molar-refractivity contribution in [2.75, 3.05) is 50.7 Å². The largest absolute Gasteiger partial charge is 0.370 e. The van der Waals surface area contributed by atoms with E-state index in [0.29, 0.717) is 6.54 Å². The predicted octanol–water partition coefficient (Wildman–Crippen LogP) is 2.99. The third kappa shape index (κ3) is 5.48. The molecule has 0 unspecified atom stereocenters. The molecule has 4 nitrogen and oxygen atoms in total. The molecule has 1 aromatic rings. The molecule has 1 aliphatic heterocycles. The second kappa shape index (κ2) is 9.62. The lowest BCUT2D eigenvalue weighted by molar-refractivity contribution is -0.132. The van der Waals surface area contributed by atoms with Crippen molar-refractivity contribution in [1.29, 1.82) is 0 Å². The highest BCUT2D eigenvalue weighted by molar-refractivity contribution is 5.78. The maximum Gasteiger partial charge on any atom is 0.236 e. The Labute approximate surface area is 145 Å². The number of rotatable bonds is 7. The van der Waals surface area contributed by atoms with E-state index in [9.17, 15) is 9.18 Å². The second-order valence-electron chi connectivity index (χ2n) is 6.47. The van der Waals surface area contributed by atoms with Crippen LogP contribution in [0.25, 0.3) is 0 Å². The highest BCUT2D eigenvalue weighted by Crippen LogP contribution is 2.17. The average molecular weight is 335 g/mol. The Bertz CT molecular complexity index is 500. The summed E-state index contributed by atoms with van der Waals surface area (Å²) in [6, 6.07) is 6.69. The van der Waals surface area contributed by atoms with Crippen LogP contribution in [0.2, 0.25) is 0 Å². The van der Waals surface area contributed by atoms with Crippen LogP contribution in [0.5, 0.6) is 0 Å². The molecular formula is C19H30FN3O. The monoisotopic (exact) mass is 335 g/mol. The van der Waals surface area contributed by atoms with E-state index in [1.807, 2.05) is 17.0 Å². The summed E-state index contributed by atoms with van der Waals surface area (Å²) in [4.78, 5) is 19.0. The standard InChI is InChI=1S/C19H30FN3O/c1-3-10-23(11-4-2)19(24)16-21-12-5-13-22(15-14-21)18-8-6-17(20)7-9-18/h6-9H,3-5,10-16H2,1-2H3. The highest BCUT2D eigenvalue weighted by Gasteiger charge is 2.20. The molecular weight excluding hydrogens is 305 g/mol. The van der Waals surface area contributed by atoms with E-state index in [4.69, 9.17) is 0 Å². The first-order valence-electron chi connectivity index (χ1n) is 9.14. The van der Waals surface area contributed by atoms with Gasteiger partial charge in [-0.05, 0) is 43.5 Å². The minimum Gasteiger partial charge on any atom is -0.370 e. The Morgan fingerprint density at radius 1 is 1.04 bits per heavy atom. The molecule has 0 spiro atoms. The van der Waals surface area contributed by atoms with Crippen molar-refractivity contribution >= 4 is 11.6 Å². The van der Waals surface area contributed by atoms with Gasteiger partial charge in [0.1, 0.15) is 5.82 Å². The van der Waals surface area contributed by atoms with Crippen LogP contribution in [0, 0.1) is 5.82 Å². The minimum absolute atomic E-state index is 0.201. The fourth-order valence-corrected chi connectivity index (χ4v) is 3.23. The smallest absolute Gasteiger partial charge is 0.236 e. The summed E-state index contributed by atoms with van der Waals surface area (Å²) in [6.07, 6.45) is 3.03. The topological polar surface area (TPSA) is 26.8 Å². The molecule has 24 heavy (non-hydrogen) atoms. The Morgan fingerprint density at radius 2 is 1.71 bits per heavy atom. The van der Waals surface area contributed by atoms with Crippen LogP contribution in [0.4, 0.5) is 10.1 Å². The van der Waals surface area contributed by atoms with Crippen LogP contribution in [0.15, 0.2) is 24.3 Å². The van der Waals surface area contributed by atoms with Crippen molar-refractivity contribution in [1.82, 2.24) is 9.80 Å². The zero-order valence-electron chi connectivity index (χ0n) is 15.0. The quantitative estimate of drug-likeness (QED) is 0.766. The molecule has 2 rings (SSSR count). The van der Waals surface area contributed by atoms with Gasteiger partial charge in [0.2, 0.25) is 5.91 Å². The number of carbonyl (C=O) groups is 1. The third-order valence-electron chi connectivity index (χ3n) is 4.48. The fraction of sp³-hybridized carbons (Fsp3) is 0.632. The summed E-state index contributed by atoms with van der Waals surface area (Å²) in [5.41, 5.74) is 1.06. The van der Waals surface area contributed by atoms with Gasteiger partial charge in [-0.15, -0.1) is 0 Å². The lowest BCUT2D eigenvalue weighted by atomic mass is 10.2. The van der Waals surface area contributed by atoms with Crippen molar-refractivity contribution in [3.63, 3.8) is 0 Å². The summed E-state index contributed by atoms with van der Waals surface area (Å²) in [6.45, 7) is 10.1. The number of halogens is 1. The molecule has 5 heteroatoms. The van der Waals surface area contributed by atoms with E-state index in [2.05, 4.69) is 23.6 Å². The molecule has 0 aromatic heterocycles. The summed E-state index contributed by atoms with van der Waals surface area (Å²) in [7, 11) is 0. The van der Waals surface area contributed by atoms with E-state index in [1.54, 1.807) is 0 Å². The Morgan fingerprint density at radius 3 is 2.33 bits per heavy atom. The van der Waals surface area contributed by atoms with Crippen LogP contribution in [0.3, 0.4) is 0 Å². The Kier molecular flexibility index (Phi) is 7.50. The van der Waals surface area contributed by atoms with E-state index in [0.717, 1.165) is 64.2 Å². The molecule has 1 saturated heterocycles. The average Bonchev–Trinajstić information content (AvgIpc) is 2.81. The zero-order valence-corrected chi connectivity index (χ0v) is 15.0. The zero-order chi connectivity index (χ0) is 17.4. The molecule has 0 saturated carbocycles. The molecule has 0 radical (unpaired) electrons. The van der Waals surface area contributed by atoms with Gasteiger partial charge in [0.25, 0.3) is 0 Å². The molecule has 1 aliphatic rings. The second-order valence-corrected chi connectivity index (χ2v) is 6.47. The van der Waals surface area contributed by atoms with Crippen molar-refractivity contribution < 1.29 is 9.18 Å². The Balaban J connectivity index is 1.88. The molecule has 134 valence electrons. The predicted molar refractivity (Wildman–Crippen MR) is 96.8 cm³/mol. The molecule has 0 N–H and O–H groups in total. The first kappa shape index (κ1) is 18.7. The van der Waals surface area contributed by atoms with Crippen molar-refractivity contribution in [2.45, 2.75) is 33.1 Å². The van der Waals surface area contributed by atoms with Crippen LogP contribution in [0.1, 0.15) is 33.1 Å². The molecule has 1 fully saturated rings. The summed E-state index contributed by atoms with van der Waals surface area (Å²) in [5, 5.41) is 0. The number of hydrogen-bond acceptors (Lipinski definition) is 3. The lowest BCUT2D eigenvalue weighted by Crippen LogP contribution is -2.42. The molecule has 1 amide bonds. The normalized spacial score (nSPS) is 16.0. The summed E-state index contributed by atoms with van der Waals surface area (Å²) < 4.78 is 13.1. The molecule has 1 heterocycles. The number of nitrogens with zero attached hydrogens (tertiary/aromatic N) is 3. The van der Waals surface area contributed by atoms with Gasteiger partial charge in [0.05, 0.1) is 6.54 Å². The van der Waals surface area contributed by atoms with E-state index >= 15 is 0 Å². The third-order valence-corrected chi connectivity index (χ3v) is 4.48. The van der Waals surface area contributed by atoms with Gasteiger partial charge in [-0.25, -0.2) is 4.39 Å². The van der Waals surface area contributed by atoms with E-state index in [1.165, 1.54) is 12.1 Å². The van der Waals surface area contributed by atoms with Gasteiger partial charge in [-0.3, -0.25) is 9.69 Å². The molecule has 0 atom stereocenters. The van der Waals surface area contributed by atoms with Gasteiger partial charge in [-0.1, -0.05) is 13.8 Å². The number of anilines is 1. The number of benzene rings is 1. The van der Waals surface area contributed by atoms with Crippen molar-refractivity contribution in [2.24, 2.45) is 0 Å². The van der Waals surface area contributed by atoms with E-state index in [-0.39, 0.29) is 11.7 Å². The summed E-state index contributed by atoms with van der Waals surface area (Å²) in [5.74, 6) is 0.0432. The SMILES string of the molecule is CCCN(CCC)C(=O)CN1CCCN(c2ccc(F)cc2)CC1. The van der Waals surface area contributed by atoms with Gasteiger partial charge < -0.3 is 9.80 Å². The van der Waals surface area contributed by atoms with Crippen LogP contribution >= 0.6 is 0 Å². The fourth-order valence-electron chi connectivity index (χ4n) is 3.23. The number of amides is 1. The number of carbonyl (C=O) groups excluding carboxylic acids is 1. The van der Waals surface area contributed by atoms with Gasteiger partial charge in [-0.2, -0.15) is 0 Å². The van der Waals surface area contributed by atoms with Crippen molar-refractivity contribution in [3.05, 3.63) is 30.1 Å². The number of hydrogen-bond donors (Lipinski definition) is 0. The van der Waals surface area contributed by atoms with Crippen molar-refractivity contribution in [3.8, 4) is 0 Å². The maximum absolute atomic E-state index is 13.1. The molecule has 0 bridgehead atoms. The van der Waals surface area contributed by atoms with Crippen LogP contribution in [-0.2, 0) is 4.79 Å².